The van der Waals surface area contributed by atoms with Gasteiger partial charge in [-0.3, -0.25) is 19.8 Å². The summed E-state index contributed by atoms with van der Waals surface area (Å²) in [5.74, 6) is -2.24. The smallest absolute Gasteiger partial charge is 0.298 e. The third-order valence-corrected chi connectivity index (χ3v) is 2.13. The molecule has 92 valence electrons. The molecule has 0 saturated carbocycles. The van der Waals surface area contributed by atoms with E-state index in [0.717, 1.165) is 4.90 Å². The Hall–Kier alpha value is -1.70. The van der Waals surface area contributed by atoms with Crippen molar-refractivity contribution in [2.45, 2.75) is 6.18 Å². The highest BCUT2D eigenvalue weighted by atomic mass is 32.1. The largest absolute Gasteiger partial charge is 0.410 e. The van der Waals surface area contributed by atoms with Crippen molar-refractivity contribution in [3.05, 3.63) is 24.3 Å². The molecule has 1 heterocycles. The van der Waals surface area contributed by atoms with Gasteiger partial charge in [-0.15, -0.1) is 6.58 Å². The Morgan fingerprint density at radius 1 is 1.41 bits per heavy atom. The summed E-state index contributed by atoms with van der Waals surface area (Å²) in [6.07, 6.45) is -3.81. The Morgan fingerprint density at radius 3 is 2.47 bits per heavy atom. The molecule has 0 aromatic carbocycles. The van der Waals surface area contributed by atoms with Crippen LogP contribution in [0.3, 0.4) is 0 Å². The molecule has 1 N–H and O–H groups in total. The quantitative estimate of drug-likeness (QED) is 0.349. The van der Waals surface area contributed by atoms with Crippen LogP contribution in [0.2, 0.25) is 0 Å². The summed E-state index contributed by atoms with van der Waals surface area (Å²) < 4.78 is 36.4. The number of hydrogen-bond acceptors (Lipinski definition) is 3. The highest BCUT2D eigenvalue weighted by Crippen LogP contribution is 2.21. The molecule has 0 unspecified atom stereocenters. The lowest BCUT2D eigenvalue weighted by atomic mass is 10.1. The molecule has 0 spiro atoms. The van der Waals surface area contributed by atoms with Gasteiger partial charge in [0.15, 0.2) is 5.11 Å². The number of nitrogens with one attached hydrogen (secondary N) is 1. The minimum Gasteiger partial charge on any atom is -0.298 e. The highest BCUT2D eigenvalue weighted by Gasteiger charge is 2.37. The zero-order valence-corrected chi connectivity index (χ0v) is 9.19. The fourth-order valence-corrected chi connectivity index (χ4v) is 1.40. The molecular weight excluding hydrogens is 257 g/mol. The first kappa shape index (κ1) is 13.4. The molecule has 8 heteroatoms. The van der Waals surface area contributed by atoms with Crippen LogP contribution in [0.4, 0.5) is 13.2 Å². The van der Waals surface area contributed by atoms with E-state index in [1.165, 1.54) is 6.08 Å². The second kappa shape index (κ2) is 4.66. The maximum absolute atomic E-state index is 12.1. The van der Waals surface area contributed by atoms with Gasteiger partial charge in [-0.25, -0.2) is 0 Å². The van der Waals surface area contributed by atoms with E-state index >= 15 is 0 Å². The predicted molar refractivity (Wildman–Crippen MR) is 56.8 cm³/mol. The fourth-order valence-electron chi connectivity index (χ4n) is 1.15. The van der Waals surface area contributed by atoms with Crippen molar-refractivity contribution in [3.63, 3.8) is 0 Å². The number of rotatable bonds is 2. The van der Waals surface area contributed by atoms with Crippen LogP contribution in [0.1, 0.15) is 0 Å². The number of alkyl halides is 3. The lowest BCUT2D eigenvalue weighted by molar-refractivity contribution is -0.130. The lowest BCUT2D eigenvalue weighted by Crippen LogP contribution is -2.54. The molecule has 0 aliphatic carbocycles. The number of nitrogens with zero attached hydrogens (tertiary/aromatic N) is 1. The van der Waals surface area contributed by atoms with Crippen LogP contribution in [0, 0.1) is 0 Å². The van der Waals surface area contributed by atoms with Crippen molar-refractivity contribution < 1.29 is 22.8 Å². The molecule has 0 aromatic heterocycles. The molecule has 0 aromatic rings. The van der Waals surface area contributed by atoms with Crippen molar-refractivity contribution in [2.75, 3.05) is 6.54 Å². The van der Waals surface area contributed by atoms with Crippen molar-refractivity contribution in [1.82, 2.24) is 10.2 Å². The molecule has 0 radical (unpaired) electrons. The Morgan fingerprint density at radius 2 is 2.00 bits per heavy atom. The molecule has 1 aliphatic heterocycles. The normalized spacial score (nSPS) is 19.6. The molecule has 1 rings (SSSR count). The zero-order valence-electron chi connectivity index (χ0n) is 8.37. The van der Waals surface area contributed by atoms with Gasteiger partial charge in [-0.1, -0.05) is 6.08 Å². The molecule has 4 nitrogen and oxygen atoms in total. The predicted octanol–water partition coefficient (Wildman–Crippen LogP) is 0.904. The van der Waals surface area contributed by atoms with Crippen molar-refractivity contribution >= 4 is 29.1 Å². The van der Waals surface area contributed by atoms with Crippen LogP contribution >= 0.6 is 12.2 Å². The number of amides is 2. The number of allylic oxidation sites excluding steroid dienone is 1. The molecule has 0 atom stereocenters. The van der Waals surface area contributed by atoms with E-state index in [-0.39, 0.29) is 17.7 Å². The third-order valence-electron chi connectivity index (χ3n) is 1.81. The van der Waals surface area contributed by atoms with Crippen LogP contribution in [0.5, 0.6) is 0 Å². The Bertz CT molecular complexity index is 428. The number of carbonyl (C=O) groups excluding carboxylic acids is 2. The zero-order chi connectivity index (χ0) is 13.2. The standard InChI is InChI=1S/C9H7F3N2O2S/c1-2-3-14-7(16)5(4-9(10,11)12)6(15)13-8(14)17/h2,4H,1,3H2,(H,13,15,17). The number of hydrogen-bond donors (Lipinski definition) is 1. The minimum absolute atomic E-state index is 0.0762. The van der Waals surface area contributed by atoms with E-state index in [1.54, 1.807) is 0 Å². The van der Waals surface area contributed by atoms with Crippen LogP contribution in [0.15, 0.2) is 24.3 Å². The van der Waals surface area contributed by atoms with Crippen molar-refractivity contribution in [2.24, 2.45) is 0 Å². The maximum atomic E-state index is 12.1. The molecule has 2 amide bonds. The summed E-state index contributed by atoms with van der Waals surface area (Å²) in [7, 11) is 0. The van der Waals surface area contributed by atoms with Crippen LogP contribution in [-0.4, -0.2) is 34.5 Å². The van der Waals surface area contributed by atoms with E-state index in [2.05, 4.69) is 18.8 Å². The van der Waals surface area contributed by atoms with E-state index in [1.807, 2.05) is 5.32 Å². The van der Waals surface area contributed by atoms with Gasteiger partial charge in [0, 0.05) is 12.6 Å². The van der Waals surface area contributed by atoms with Crippen LogP contribution in [-0.2, 0) is 9.59 Å². The summed E-state index contributed by atoms with van der Waals surface area (Å²) in [5.41, 5.74) is -0.993. The van der Waals surface area contributed by atoms with Crippen molar-refractivity contribution in [3.8, 4) is 0 Å². The number of carbonyl (C=O) groups is 2. The Labute approximate surface area is 99.8 Å². The average Bonchev–Trinajstić information content (AvgIpc) is 2.18. The summed E-state index contributed by atoms with van der Waals surface area (Å²) >= 11 is 4.66. The summed E-state index contributed by atoms with van der Waals surface area (Å²) in [6, 6.07) is 0. The highest BCUT2D eigenvalue weighted by molar-refractivity contribution is 7.80. The summed E-state index contributed by atoms with van der Waals surface area (Å²) in [5, 5.41) is 1.76. The van der Waals surface area contributed by atoms with Gasteiger partial charge in [-0.05, 0) is 12.2 Å². The maximum Gasteiger partial charge on any atom is 0.410 e. The van der Waals surface area contributed by atoms with Crippen LogP contribution in [0.25, 0.3) is 0 Å². The first-order chi connectivity index (χ1) is 7.76. The monoisotopic (exact) mass is 264 g/mol. The van der Waals surface area contributed by atoms with Gasteiger partial charge in [-0.2, -0.15) is 13.2 Å². The third kappa shape index (κ3) is 3.13. The van der Waals surface area contributed by atoms with Gasteiger partial charge in [0.1, 0.15) is 5.57 Å². The second-order valence-corrected chi connectivity index (χ2v) is 3.45. The molecule has 17 heavy (non-hydrogen) atoms. The number of halogens is 3. The van der Waals surface area contributed by atoms with Gasteiger partial charge in [0.05, 0.1) is 0 Å². The summed E-state index contributed by atoms with van der Waals surface area (Å²) in [4.78, 5) is 23.6. The number of thiocarbonyl (C=S) groups is 1. The van der Waals surface area contributed by atoms with Crippen LogP contribution < -0.4 is 5.32 Å². The summed E-state index contributed by atoms with van der Waals surface area (Å²) in [6.45, 7) is 3.26. The first-order valence-corrected chi connectivity index (χ1v) is 4.74. The minimum atomic E-state index is -4.75. The van der Waals surface area contributed by atoms with Crippen molar-refractivity contribution in [1.29, 1.82) is 0 Å². The first-order valence-electron chi connectivity index (χ1n) is 4.34. The SMILES string of the molecule is C=CCN1C(=O)C(=CC(F)(F)F)C(=O)NC1=S. The molecule has 1 aliphatic rings. The molecule has 1 saturated heterocycles. The topological polar surface area (TPSA) is 49.4 Å². The second-order valence-electron chi connectivity index (χ2n) is 3.06. The molecule has 1 fully saturated rings. The van der Waals surface area contributed by atoms with E-state index < -0.39 is 23.6 Å². The molecular formula is C9H7F3N2O2S. The van der Waals surface area contributed by atoms with E-state index in [0.29, 0.717) is 0 Å². The average molecular weight is 264 g/mol. The van der Waals surface area contributed by atoms with Gasteiger partial charge >= 0.3 is 6.18 Å². The van der Waals surface area contributed by atoms with Gasteiger partial charge in [0.2, 0.25) is 0 Å². The molecule has 0 bridgehead atoms. The Kier molecular flexibility index (Phi) is 3.66. The van der Waals surface area contributed by atoms with E-state index in [9.17, 15) is 22.8 Å². The lowest BCUT2D eigenvalue weighted by Gasteiger charge is -2.27. The van der Waals surface area contributed by atoms with Gasteiger partial charge < -0.3 is 0 Å². The fraction of sp³-hybridized carbons (Fsp3) is 0.222. The van der Waals surface area contributed by atoms with E-state index in [4.69, 9.17) is 0 Å². The van der Waals surface area contributed by atoms with Gasteiger partial charge in [0.25, 0.3) is 11.8 Å². The Balaban J connectivity index is 3.11.